The third-order valence-electron chi connectivity index (χ3n) is 7.75. The molecular weight excluding hydrogens is 596 g/mol. The average molecular weight is 647 g/mol. The first-order valence-electron chi connectivity index (χ1n) is 15.6. The molecule has 1 aromatic carbocycles. The van der Waals surface area contributed by atoms with Crippen LogP contribution >= 0.6 is 0 Å². The van der Waals surface area contributed by atoms with E-state index in [1.807, 2.05) is 27.7 Å². The quantitative estimate of drug-likeness (QED) is 0.0614. The summed E-state index contributed by atoms with van der Waals surface area (Å²) in [6.07, 6.45) is 1.54. The van der Waals surface area contributed by atoms with E-state index in [-0.39, 0.29) is 55.3 Å². The number of aromatic hydroxyl groups is 1. The molecule has 5 atom stereocenters. The minimum Gasteiger partial charge on any atom is -0.508 e. The Morgan fingerprint density at radius 2 is 1.57 bits per heavy atom. The maximum absolute atomic E-state index is 13.8. The number of nitrogens with zero attached hydrogens (tertiary/aromatic N) is 2. The maximum Gasteiger partial charge on any atom is 0.326 e. The zero-order valence-corrected chi connectivity index (χ0v) is 27.1. The van der Waals surface area contributed by atoms with Gasteiger partial charge in [-0.3, -0.25) is 24.2 Å². The predicted molar refractivity (Wildman–Crippen MR) is 172 cm³/mol. The number of phenolic OH excluding ortho intramolecular Hbond substituents is 1. The van der Waals surface area contributed by atoms with Crippen LogP contribution in [0, 0.1) is 11.8 Å². The highest BCUT2D eigenvalue weighted by Gasteiger charge is 2.38. The molecule has 0 unspecified atom stereocenters. The van der Waals surface area contributed by atoms with E-state index in [4.69, 9.17) is 17.2 Å². The van der Waals surface area contributed by atoms with Crippen molar-refractivity contribution in [3.63, 3.8) is 0 Å². The summed E-state index contributed by atoms with van der Waals surface area (Å²) in [7, 11) is 0. The standard InChI is InChI=1S/C31H50N8O7/c1-17(2)15-22(26(41)36-21(30(45)46)7-5-13-35-31(33)34)37-27(42)23(16-19-9-11-20(40)12-10-19)38-28(43)24-8-6-14-39(24)29(44)25(32)18(3)4/h9-12,17-18,21-25,40H,5-8,13-16,32H2,1-4H3,(H,36,41)(H,37,42)(H,38,43)(H,45,46)(H4,33,34,35)/t21-,22-,23-,24-,25-/m0/s1. The molecule has 1 aromatic rings. The second-order valence-electron chi connectivity index (χ2n) is 12.4. The van der Waals surface area contributed by atoms with Crippen molar-refractivity contribution in [2.24, 2.45) is 34.0 Å². The van der Waals surface area contributed by atoms with Gasteiger partial charge in [-0.15, -0.1) is 0 Å². The van der Waals surface area contributed by atoms with Crippen LogP contribution in [0.3, 0.4) is 0 Å². The molecule has 11 N–H and O–H groups in total. The number of nitrogens with two attached hydrogens (primary N) is 3. The molecule has 15 nitrogen and oxygen atoms in total. The first-order valence-corrected chi connectivity index (χ1v) is 15.6. The predicted octanol–water partition coefficient (Wildman–Crippen LogP) is -0.452. The van der Waals surface area contributed by atoms with Crippen molar-refractivity contribution in [3.05, 3.63) is 29.8 Å². The lowest BCUT2D eigenvalue weighted by Crippen LogP contribution is -2.59. The van der Waals surface area contributed by atoms with Crippen LogP contribution in [0.5, 0.6) is 5.75 Å². The molecule has 4 amide bonds. The van der Waals surface area contributed by atoms with E-state index in [1.165, 1.54) is 17.0 Å². The Kier molecular flexibility index (Phi) is 14.7. The molecular formula is C31H50N8O7. The molecule has 0 aromatic heterocycles. The van der Waals surface area contributed by atoms with E-state index in [0.29, 0.717) is 31.4 Å². The number of rotatable bonds is 17. The smallest absolute Gasteiger partial charge is 0.326 e. The summed E-state index contributed by atoms with van der Waals surface area (Å²) in [5.41, 5.74) is 17.3. The van der Waals surface area contributed by atoms with Gasteiger partial charge in [-0.1, -0.05) is 39.8 Å². The van der Waals surface area contributed by atoms with Crippen molar-refractivity contribution in [3.8, 4) is 5.75 Å². The number of carbonyl (C=O) groups is 5. The zero-order chi connectivity index (χ0) is 34.6. The molecule has 256 valence electrons. The van der Waals surface area contributed by atoms with Crippen LogP contribution in [0.15, 0.2) is 29.3 Å². The largest absolute Gasteiger partial charge is 0.508 e. The van der Waals surface area contributed by atoms with E-state index in [1.54, 1.807) is 12.1 Å². The van der Waals surface area contributed by atoms with E-state index < -0.39 is 53.9 Å². The van der Waals surface area contributed by atoms with Crippen molar-refractivity contribution in [2.45, 2.75) is 96.4 Å². The Bertz CT molecular complexity index is 1230. The molecule has 1 heterocycles. The maximum atomic E-state index is 13.8. The number of aliphatic imine (C=N–C) groups is 1. The normalized spacial score (nSPS) is 17.1. The van der Waals surface area contributed by atoms with Crippen molar-refractivity contribution in [1.82, 2.24) is 20.9 Å². The number of carboxylic acids is 1. The molecule has 46 heavy (non-hydrogen) atoms. The van der Waals surface area contributed by atoms with Crippen molar-refractivity contribution >= 4 is 35.6 Å². The minimum atomic E-state index is -1.25. The molecule has 1 aliphatic heterocycles. The fourth-order valence-electron chi connectivity index (χ4n) is 5.13. The Balaban J connectivity index is 2.27. The van der Waals surface area contributed by atoms with Gasteiger partial charge in [-0.2, -0.15) is 0 Å². The summed E-state index contributed by atoms with van der Waals surface area (Å²) >= 11 is 0. The molecule has 0 bridgehead atoms. The number of nitrogens with one attached hydrogen (secondary N) is 3. The second-order valence-corrected chi connectivity index (χ2v) is 12.4. The lowest BCUT2D eigenvalue weighted by molar-refractivity contribution is -0.142. The Labute approximate surface area is 269 Å². The van der Waals surface area contributed by atoms with Crippen LogP contribution in [0.25, 0.3) is 0 Å². The number of carbonyl (C=O) groups excluding carboxylic acids is 4. The van der Waals surface area contributed by atoms with Gasteiger partial charge in [0.15, 0.2) is 5.96 Å². The third kappa shape index (κ3) is 11.8. The van der Waals surface area contributed by atoms with Crippen molar-refractivity contribution in [2.75, 3.05) is 13.1 Å². The van der Waals surface area contributed by atoms with Gasteiger partial charge < -0.3 is 48.3 Å². The zero-order valence-electron chi connectivity index (χ0n) is 27.1. The second kappa shape index (κ2) is 17.9. The molecule has 0 saturated carbocycles. The Morgan fingerprint density at radius 3 is 2.13 bits per heavy atom. The summed E-state index contributed by atoms with van der Waals surface area (Å²) in [4.78, 5) is 70.8. The fraction of sp³-hybridized carbons (Fsp3) is 0.613. The first-order chi connectivity index (χ1) is 21.6. The minimum absolute atomic E-state index is 0.0165. The number of guanidine groups is 1. The van der Waals surface area contributed by atoms with Crippen LogP contribution in [-0.4, -0.2) is 94.0 Å². The summed E-state index contributed by atoms with van der Waals surface area (Å²) < 4.78 is 0. The van der Waals surface area contributed by atoms with Gasteiger partial charge in [0.25, 0.3) is 0 Å². The fourth-order valence-corrected chi connectivity index (χ4v) is 5.13. The molecule has 15 heteroatoms. The van der Waals surface area contributed by atoms with E-state index >= 15 is 0 Å². The van der Waals surface area contributed by atoms with Gasteiger partial charge in [0.05, 0.1) is 6.04 Å². The van der Waals surface area contributed by atoms with Crippen molar-refractivity contribution < 1.29 is 34.2 Å². The Morgan fingerprint density at radius 1 is 0.957 bits per heavy atom. The number of amides is 4. The van der Waals surface area contributed by atoms with Gasteiger partial charge in [0.1, 0.15) is 29.9 Å². The van der Waals surface area contributed by atoms with E-state index in [0.717, 1.165) is 0 Å². The number of carboxylic acid groups (broad SMARTS) is 1. The Hall–Kier alpha value is -4.40. The monoisotopic (exact) mass is 646 g/mol. The van der Waals surface area contributed by atoms with Crippen LogP contribution < -0.4 is 33.2 Å². The van der Waals surface area contributed by atoms with E-state index in [2.05, 4.69) is 20.9 Å². The highest BCUT2D eigenvalue weighted by atomic mass is 16.4. The third-order valence-corrected chi connectivity index (χ3v) is 7.75. The molecule has 1 aliphatic rings. The number of likely N-dealkylation sites (tertiary alicyclic amines) is 1. The van der Waals surface area contributed by atoms with Gasteiger partial charge in [-0.25, -0.2) is 4.79 Å². The highest BCUT2D eigenvalue weighted by Crippen LogP contribution is 2.21. The van der Waals surface area contributed by atoms with Gasteiger partial charge >= 0.3 is 5.97 Å². The highest BCUT2D eigenvalue weighted by molar-refractivity contribution is 5.95. The molecule has 0 radical (unpaired) electrons. The summed E-state index contributed by atoms with van der Waals surface area (Å²) in [6, 6.07) is 0.989. The van der Waals surface area contributed by atoms with Crippen LogP contribution in [0.1, 0.15) is 65.4 Å². The topological polar surface area (TPSA) is 256 Å². The lowest BCUT2D eigenvalue weighted by Gasteiger charge is -2.30. The van der Waals surface area contributed by atoms with Crippen LogP contribution in [-0.2, 0) is 30.4 Å². The van der Waals surface area contributed by atoms with Crippen molar-refractivity contribution in [1.29, 1.82) is 0 Å². The lowest BCUT2D eigenvalue weighted by atomic mass is 10.00. The summed E-state index contributed by atoms with van der Waals surface area (Å²) in [6.45, 7) is 7.88. The van der Waals surface area contributed by atoms with Gasteiger partial charge in [-0.05, 0) is 61.6 Å². The molecule has 2 rings (SSSR count). The number of hydrogen-bond acceptors (Lipinski definition) is 8. The molecule has 1 fully saturated rings. The molecule has 0 aliphatic carbocycles. The van der Waals surface area contributed by atoms with Crippen LogP contribution in [0.4, 0.5) is 0 Å². The number of phenols is 1. The number of aliphatic carboxylic acids is 1. The summed E-state index contributed by atoms with van der Waals surface area (Å²) in [5, 5.41) is 27.4. The van der Waals surface area contributed by atoms with Crippen LogP contribution in [0.2, 0.25) is 0 Å². The molecule has 1 saturated heterocycles. The number of benzene rings is 1. The average Bonchev–Trinajstić information content (AvgIpc) is 3.48. The van der Waals surface area contributed by atoms with Gasteiger partial charge in [0, 0.05) is 19.5 Å². The van der Waals surface area contributed by atoms with Gasteiger partial charge in [0.2, 0.25) is 23.6 Å². The SMILES string of the molecule is CC(C)C[C@H](NC(=O)[C@H](Cc1ccc(O)cc1)NC(=O)[C@@H]1CCCN1C(=O)[C@@H](N)C(C)C)C(=O)N[C@@H](CCCN=C(N)N)C(=O)O. The van der Waals surface area contributed by atoms with E-state index in [9.17, 15) is 34.2 Å². The molecule has 0 spiro atoms. The number of hydrogen-bond donors (Lipinski definition) is 8. The summed E-state index contributed by atoms with van der Waals surface area (Å²) in [5.74, 6) is -3.78. The first kappa shape index (κ1) is 37.8.